The van der Waals surface area contributed by atoms with Crippen LogP contribution in [0.4, 0.5) is 16.3 Å². The summed E-state index contributed by atoms with van der Waals surface area (Å²) in [5.74, 6) is 0.720. The lowest BCUT2D eigenvalue weighted by Gasteiger charge is -2.25. The van der Waals surface area contributed by atoms with E-state index >= 15 is 0 Å². The first-order valence-corrected chi connectivity index (χ1v) is 7.96. The maximum atomic E-state index is 12.7. The average Bonchev–Trinajstić information content (AvgIpc) is 2.73. The molecule has 1 aliphatic rings. The first-order valence-electron chi connectivity index (χ1n) is 7.96. The number of carbonyl (C=O) groups is 1. The number of aromatic nitrogens is 2. The average molecular weight is 327 g/mol. The zero-order valence-electron chi connectivity index (χ0n) is 13.6. The van der Waals surface area contributed by atoms with E-state index in [1.807, 2.05) is 30.3 Å². The van der Waals surface area contributed by atoms with Gasteiger partial charge in [-0.1, -0.05) is 18.2 Å². The SMILES string of the molecule is CN1Cc2ncnc(NCCCO)c2CN(c2ccccc2)C1=O. The van der Waals surface area contributed by atoms with Crippen molar-refractivity contribution in [2.24, 2.45) is 0 Å². The van der Waals surface area contributed by atoms with Crippen LogP contribution in [0.5, 0.6) is 0 Å². The Balaban J connectivity index is 1.96. The van der Waals surface area contributed by atoms with Crippen LogP contribution in [-0.2, 0) is 13.1 Å². The van der Waals surface area contributed by atoms with E-state index in [0.717, 1.165) is 22.8 Å². The first kappa shape index (κ1) is 16.2. The third kappa shape index (κ3) is 3.30. The molecule has 2 heterocycles. The molecule has 2 aromatic rings. The van der Waals surface area contributed by atoms with Crippen molar-refractivity contribution < 1.29 is 9.90 Å². The van der Waals surface area contributed by atoms with Gasteiger partial charge in [0.1, 0.15) is 12.1 Å². The highest BCUT2D eigenvalue weighted by Crippen LogP contribution is 2.27. The third-order valence-corrected chi connectivity index (χ3v) is 3.99. The Morgan fingerprint density at radius 3 is 2.75 bits per heavy atom. The molecule has 3 rings (SSSR count). The van der Waals surface area contributed by atoms with Crippen LogP contribution in [0, 0.1) is 0 Å². The summed E-state index contributed by atoms with van der Waals surface area (Å²) >= 11 is 0. The lowest BCUT2D eigenvalue weighted by molar-refractivity contribution is 0.214. The second-order valence-corrected chi connectivity index (χ2v) is 5.71. The van der Waals surface area contributed by atoms with Gasteiger partial charge in [0, 0.05) is 31.5 Å². The summed E-state index contributed by atoms with van der Waals surface area (Å²) in [4.78, 5) is 24.8. The predicted octanol–water partition coefficient (Wildman–Crippen LogP) is 1.84. The Morgan fingerprint density at radius 1 is 1.21 bits per heavy atom. The molecule has 0 fully saturated rings. The second kappa shape index (κ2) is 7.27. The maximum absolute atomic E-state index is 12.7. The molecule has 2 amide bonds. The zero-order valence-corrected chi connectivity index (χ0v) is 13.6. The molecule has 7 heteroatoms. The molecule has 7 nitrogen and oxygen atoms in total. The molecule has 0 saturated carbocycles. The Labute approximate surface area is 141 Å². The highest BCUT2D eigenvalue weighted by molar-refractivity contribution is 5.92. The van der Waals surface area contributed by atoms with E-state index < -0.39 is 0 Å². The molecule has 1 aliphatic heterocycles. The maximum Gasteiger partial charge on any atom is 0.324 e. The van der Waals surface area contributed by atoms with E-state index in [1.54, 1.807) is 16.8 Å². The Kier molecular flexibility index (Phi) is 4.90. The molecule has 0 saturated heterocycles. The van der Waals surface area contributed by atoms with Crippen molar-refractivity contribution in [2.45, 2.75) is 19.5 Å². The second-order valence-electron chi connectivity index (χ2n) is 5.71. The van der Waals surface area contributed by atoms with E-state index in [-0.39, 0.29) is 12.6 Å². The van der Waals surface area contributed by atoms with Gasteiger partial charge in [-0.05, 0) is 18.6 Å². The van der Waals surface area contributed by atoms with Crippen LogP contribution in [0.3, 0.4) is 0 Å². The van der Waals surface area contributed by atoms with Crippen LogP contribution in [0.2, 0.25) is 0 Å². The summed E-state index contributed by atoms with van der Waals surface area (Å²) in [5.41, 5.74) is 2.59. The van der Waals surface area contributed by atoms with Crippen molar-refractivity contribution in [3.63, 3.8) is 0 Å². The van der Waals surface area contributed by atoms with Crippen molar-refractivity contribution >= 4 is 17.5 Å². The number of rotatable bonds is 5. The smallest absolute Gasteiger partial charge is 0.324 e. The van der Waals surface area contributed by atoms with Crippen LogP contribution in [0.15, 0.2) is 36.7 Å². The minimum atomic E-state index is -0.0690. The molecule has 0 aliphatic carbocycles. The molecular formula is C17H21N5O2. The number of nitrogens with zero attached hydrogens (tertiary/aromatic N) is 4. The van der Waals surface area contributed by atoms with Gasteiger partial charge >= 0.3 is 6.03 Å². The number of anilines is 2. The number of urea groups is 1. The summed E-state index contributed by atoms with van der Waals surface area (Å²) in [6, 6.07) is 9.51. The summed E-state index contributed by atoms with van der Waals surface area (Å²) in [6.45, 7) is 1.59. The number of fused-ring (bicyclic) bond motifs is 1. The van der Waals surface area contributed by atoms with Crippen LogP contribution in [0.1, 0.15) is 17.7 Å². The van der Waals surface area contributed by atoms with E-state index in [2.05, 4.69) is 15.3 Å². The number of hydrogen-bond acceptors (Lipinski definition) is 5. The van der Waals surface area contributed by atoms with Gasteiger partial charge in [-0.2, -0.15) is 0 Å². The van der Waals surface area contributed by atoms with Crippen molar-refractivity contribution in [3.05, 3.63) is 47.9 Å². The molecule has 0 bridgehead atoms. The Morgan fingerprint density at radius 2 is 2.00 bits per heavy atom. The van der Waals surface area contributed by atoms with Crippen LogP contribution in [-0.4, -0.2) is 46.2 Å². The monoisotopic (exact) mass is 327 g/mol. The van der Waals surface area contributed by atoms with Crippen LogP contribution < -0.4 is 10.2 Å². The molecule has 0 radical (unpaired) electrons. The number of aliphatic hydroxyl groups is 1. The van der Waals surface area contributed by atoms with Crippen molar-refractivity contribution in [1.82, 2.24) is 14.9 Å². The number of hydrogen-bond donors (Lipinski definition) is 2. The van der Waals surface area contributed by atoms with Crippen molar-refractivity contribution in [1.29, 1.82) is 0 Å². The summed E-state index contributed by atoms with van der Waals surface area (Å²) in [5, 5.41) is 12.2. The summed E-state index contributed by atoms with van der Waals surface area (Å²) < 4.78 is 0. The molecule has 126 valence electrons. The van der Waals surface area contributed by atoms with Gasteiger partial charge in [-0.3, -0.25) is 4.90 Å². The predicted molar refractivity (Wildman–Crippen MR) is 91.7 cm³/mol. The first-order chi connectivity index (χ1) is 11.7. The highest BCUT2D eigenvalue weighted by atomic mass is 16.3. The number of amides is 2. The molecular weight excluding hydrogens is 306 g/mol. The van der Waals surface area contributed by atoms with E-state index in [1.165, 1.54) is 6.33 Å². The molecule has 0 spiro atoms. The highest BCUT2D eigenvalue weighted by Gasteiger charge is 2.28. The van der Waals surface area contributed by atoms with Crippen LogP contribution in [0.25, 0.3) is 0 Å². The Bertz CT molecular complexity index is 707. The minimum absolute atomic E-state index is 0.0690. The molecule has 1 aromatic heterocycles. The topological polar surface area (TPSA) is 81.6 Å². The van der Waals surface area contributed by atoms with Crippen molar-refractivity contribution in [2.75, 3.05) is 30.4 Å². The number of carbonyl (C=O) groups excluding carboxylic acids is 1. The standard InChI is InChI=1S/C17H21N5O2/c1-21-11-15-14(16(20-12-19-15)18-8-5-9-23)10-22(17(21)24)13-6-3-2-4-7-13/h2-4,6-7,12,23H,5,8-11H2,1H3,(H,18,19,20). The molecule has 0 atom stereocenters. The summed E-state index contributed by atoms with van der Waals surface area (Å²) in [6.07, 6.45) is 2.15. The van der Waals surface area contributed by atoms with E-state index in [9.17, 15) is 4.79 Å². The van der Waals surface area contributed by atoms with E-state index in [4.69, 9.17) is 5.11 Å². The number of aliphatic hydroxyl groups excluding tert-OH is 1. The molecule has 0 unspecified atom stereocenters. The molecule has 2 N–H and O–H groups in total. The Hall–Kier alpha value is -2.67. The van der Waals surface area contributed by atoms with Gasteiger partial charge in [0.2, 0.25) is 0 Å². The number of para-hydroxylation sites is 1. The minimum Gasteiger partial charge on any atom is -0.396 e. The number of benzene rings is 1. The zero-order chi connectivity index (χ0) is 16.9. The van der Waals surface area contributed by atoms with E-state index in [0.29, 0.717) is 26.1 Å². The molecule has 24 heavy (non-hydrogen) atoms. The lowest BCUT2D eigenvalue weighted by Crippen LogP contribution is -2.38. The summed E-state index contributed by atoms with van der Waals surface area (Å²) in [7, 11) is 1.77. The third-order valence-electron chi connectivity index (χ3n) is 3.99. The normalized spacial score (nSPS) is 14.3. The fourth-order valence-electron chi connectivity index (χ4n) is 2.72. The van der Waals surface area contributed by atoms with Crippen LogP contribution >= 0.6 is 0 Å². The van der Waals surface area contributed by atoms with Gasteiger partial charge in [-0.25, -0.2) is 14.8 Å². The van der Waals surface area contributed by atoms with Gasteiger partial charge in [0.25, 0.3) is 0 Å². The van der Waals surface area contributed by atoms with Gasteiger partial charge in [0.05, 0.1) is 18.8 Å². The van der Waals surface area contributed by atoms with Gasteiger partial charge in [-0.15, -0.1) is 0 Å². The largest absolute Gasteiger partial charge is 0.396 e. The lowest BCUT2D eigenvalue weighted by atomic mass is 10.2. The number of nitrogens with one attached hydrogen (secondary N) is 1. The fraction of sp³-hybridized carbons (Fsp3) is 0.353. The quantitative estimate of drug-likeness (QED) is 0.819. The van der Waals surface area contributed by atoms with Crippen molar-refractivity contribution in [3.8, 4) is 0 Å². The fourth-order valence-corrected chi connectivity index (χ4v) is 2.72. The van der Waals surface area contributed by atoms with Gasteiger partial charge in [0.15, 0.2) is 0 Å². The molecule has 1 aromatic carbocycles. The van der Waals surface area contributed by atoms with Gasteiger partial charge < -0.3 is 15.3 Å².